The van der Waals surface area contributed by atoms with Crippen molar-refractivity contribution >= 4 is 39.9 Å². The summed E-state index contributed by atoms with van der Waals surface area (Å²) in [5.74, 6) is 0.744. The van der Waals surface area contributed by atoms with Crippen LogP contribution in [0.25, 0.3) is 0 Å². The Morgan fingerprint density at radius 2 is 1.74 bits per heavy atom. The van der Waals surface area contributed by atoms with E-state index in [0.29, 0.717) is 6.54 Å². The van der Waals surface area contributed by atoms with Crippen molar-refractivity contribution in [1.82, 2.24) is 5.32 Å². The molecule has 0 radical (unpaired) electrons. The summed E-state index contributed by atoms with van der Waals surface area (Å²) in [6, 6.07) is 15.4. The predicted molar refractivity (Wildman–Crippen MR) is 101 cm³/mol. The summed E-state index contributed by atoms with van der Waals surface area (Å²) >= 11 is 9.24. The molecule has 0 aliphatic heterocycles. The zero-order valence-electron chi connectivity index (χ0n) is 12.7. The summed E-state index contributed by atoms with van der Waals surface area (Å²) in [6.45, 7) is 2.76. The molecule has 2 aromatic carbocycles. The van der Waals surface area contributed by atoms with Crippen molar-refractivity contribution in [2.45, 2.75) is 19.1 Å². The van der Waals surface area contributed by atoms with Gasteiger partial charge in [-0.25, -0.2) is 0 Å². The van der Waals surface area contributed by atoms with Crippen LogP contribution >= 0.6 is 39.9 Å². The van der Waals surface area contributed by atoms with Crippen LogP contribution in [-0.4, -0.2) is 24.4 Å². The van der Waals surface area contributed by atoms with E-state index in [1.54, 1.807) is 0 Å². The number of ether oxygens (including phenoxy) is 1. The van der Waals surface area contributed by atoms with Crippen LogP contribution in [0.4, 0.5) is 0 Å². The fourth-order valence-corrected chi connectivity index (χ4v) is 2.35. The van der Waals surface area contributed by atoms with Gasteiger partial charge in [-0.15, -0.1) is 12.4 Å². The molecule has 2 unspecified atom stereocenters. The summed E-state index contributed by atoms with van der Waals surface area (Å²) in [6.07, 6.45) is -0.571. The van der Waals surface area contributed by atoms with Gasteiger partial charge in [0, 0.05) is 22.1 Å². The molecule has 0 aromatic heterocycles. The van der Waals surface area contributed by atoms with Crippen LogP contribution in [-0.2, 0) is 0 Å². The topological polar surface area (TPSA) is 41.5 Å². The number of hydrogen-bond donors (Lipinski definition) is 2. The third-order valence-corrected chi connectivity index (χ3v) is 4.07. The van der Waals surface area contributed by atoms with Crippen LogP contribution in [0.3, 0.4) is 0 Å². The van der Waals surface area contributed by atoms with E-state index < -0.39 is 6.10 Å². The van der Waals surface area contributed by atoms with E-state index in [1.807, 2.05) is 55.5 Å². The molecule has 0 aliphatic rings. The highest BCUT2D eigenvalue weighted by Gasteiger charge is 2.09. The second-order valence-corrected chi connectivity index (χ2v) is 6.45. The molecule has 0 amide bonds. The second-order valence-electron chi connectivity index (χ2n) is 5.10. The third-order valence-electron chi connectivity index (χ3n) is 3.29. The Balaban J connectivity index is 0.00000264. The van der Waals surface area contributed by atoms with Crippen molar-refractivity contribution in [3.63, 3.8) is 0 Å². The Morgan fingerprint density at radius 3 is 2.35 bits per heavy atom. The van der Waals surface area contributed by atoms with Gasteiger partial charge in [0.1, 0.15) is 18.5 Å². The summed E-state index contributed by atoms with van der Waals surface area (Å²) in [5.41, 5.74) is 1.13. The van der Waals surface area contributed by atoms with Crippen molar-refractivity contribution in [1.29, 1.82) is 0 Å². The molecule has 0 aliphatic carbocycles. The quantitative estimate of drug-likeness (QED) is 0.686. The fraction of sp³-hybridized carbons (Fsp3) is 0.294. The van der Waals surface area contributed by atoms with Crippen LogP contribution in [0.5, 0.6) is 5.75 Å². The Morgan fingerprint density at radius 1 is 1.13 bits per heavy atom. The second kappa shape index (κ2) is 10.2. The van der Waals surface area contributed by atoms with Crippen LogP contribution in [0.1, 0.15) is 18.5 Å². The van der Waals surface area contributed by atoms with Gasteiger partial charge in [0.15, 0.2) is 0 Å². The number of aliphatic hydroxyl groups is 1. The fourth-order valence-electron chi connectivity index (χ4n) is 1.96. The van der Waals surface area contributed by atoms with Gasteiger partial charge in [-0.3, -0.25) is 0 Å². The summed E-state index contributed by atoms with van der Waals surface area (Å²) in [5, 5.41) is 14.0. The molecular weight excluding hydrogens is 401 g/mol. The molecule has 0 heterocycles. The minimum absolute atomic E-state index is 0. The van der Waals surface area contributed by atoms with Gasteiger partial charge in [0.05, 0.1) is 0 Å². The highest BCUT2D eigenvalue weighted by atomic mass is 79.9. The number of nitrogens with one attached hydrogen (secondary N) is 1. The van der Waals surface area contributed by atoms with Crippen LogP contribution < -0.4 is 10.1 Å². The lowest BCUT2D eigenvalue weighted by Gasteiger charge is -2.18. The van der Waals surface area contributed by atoms with E-state index in [2.05, 4.69) is 21.2 Å². The first-order chi connectivity index (χ1) is 10.5. The number of benzene rings is 2. The molecule has 0 saturated carbocycles. The van der Waals surface area contributed by atoms with Crippen molar-refractivity contribution in [3.05, 3.63) is 63.6 Å². The first kappa shape index (κ1) is 20.3. The summed E-state index contributed by atoms with van der Waals surface area (Å²) < 4.78 is 6.55. The number of hydrogen-bond acceptors (Lipinski definition) is 3. The van der Waals surface area contributed by atoms with Crippen molar-refractivity contribution in [3.8, 4) is 5.75 Å². The zero-order chi connectivity index (χ0) is 15.9. The lowest BCUT2D eigenvalue weighted by molar-refractivity contribution is 0.104. The minimum atomic E-state index is -0.571. The van der Waals surface area contributed by atoms with Gasteiger partial charge >= 0.3 is 0 Å². The number of halogens is 3. The summed E-state index contributed by atoms with van der Waals surface area (Å²) in [7, 11) is 0. The van der Waals surface area contributed by atoms with Gasteiger partial charge in [0.2, 0.25) is 0 Å². The van der Waals surface area contributed by atoms with Gasteiger partial charge in [-0.2, -0.15) is 0 Å². The Kier molecular flexibility index (Phi) is 8.95. The van der Waals surface area contributed by atoms with Crippen LogP contribution in [0.15, 0.2) is 53.0 Å². The smallest absolute Gasteiger partial charge is 0.119 e. The highest BCUT2D eigenvalue weighted by molar-refractivity contribution is 9.10. The summed E-state index contributed by atoms with van der Waals surface area (Å²) in [4.78, 5) is 0. The molecule has 23 heavy (non-hydrogen) atoms. The minimum Gasteiger partial charge on any atom is -0.491 e. The van der Waals surface area contributed by atoms with E-state index in [9.17, 15) is 5.11 Å². The van der Waals surface area contributed by atoms with Gasteiger partial charge in [0.25, 0.3) is 0 Å². The Labute approximate surface area is 156 Å². The molecule has 0 spiro atoms. The molecule has 0 fully saturated rings. The number of rotatable bonds is 7. The van der Waals surface area contributed by atoms with E-state index in [-0.39, 0.29) is 25.1 Å². The van der Waals surface area contributed by atoms with Gasteiger partial charge in [-0.1, -0.05) is 39.7 Å². The molecule has 2 aromatic rings. The molecule has 2 rings (SSSR count). The van der Waals surface area contributed by atoms with Gasteiger partial charge in [-0.05, 0) is 48.9 Å². The maximum atomic E-state index is 9.99. The molecule has 126 valence electrons. The predicted octanol–water partition coefficient (Wildman–Crippen LogP) is 4.61. The first-order valence-electron chi connectivity index (χ1n) is 7.10. The lowest BCUT2D eigenvalue weighted by Crippen LogP contribution is -2.33. The van der Waals surface area contributed by atoms with E-state index in [4.69, 9.17) is 16.3 Å². The van der Waals surface area contributed by atoms with Crippen LogP contribution in [0.2, 0.25) is 5.02 Å². The van der Waals surface area contributed by atoms with Gasteiger partial charge < -0.3 is 15.2 Å². The standard InChI is InChI=1S/C17H19BrClNO2.ClH/c1-12(13-2-6-15(19)7-3-13)20-10-16(21)11-22-17-8-4-14(18)5-9-17;/h2-9,12,16,20-21H,10-11H2,1H3;1H. The normalized spacial score (nSPS) is 13.0. The van der Waals surface area contributed by atoms with E-state index in [1.165, 1.54) is 0 Å². The zero-order valence-corrected chi connectivity index (χ0v) is 15.9. The molecule has 0 saturated heterocycles. The first-order valence-corrected chi connectivity index (χ1v) is 8.27. The van der Waals surface area contributed by atoms with E-state index in [0.717, 1.165) is 20.8 Å². The average Bonchev–Trinajstić information content (AvgIpc) is 2.52. The van der Waals surface area contributed by atoms with Crippen molar-refractivity contribution < 1.29 is 9.84 Å². The molecule has 0 bridgehead atoms. The molecule has 6 heteroatoms. The maximum Gasteiger partial charge on any atom is 0.119 e. The SMILES string of the molecule is CC(NCC(O)COc1ccc(Br)cc1)c1ccc(Cl)cc1.Cl. The Bertz CT molecular complexity index is 578. The van der Waals surface area contributed by atoms with Crippen molar-refractivity contribution in [2.24, 2.45) is 0 Å². The number of aliphatic hydroxyl groups excluding tert-OH is 1. The van der Waals surface area contributed by atoms with Crippen LogP contribution in [0, 0.1) is 0 Å². The monoisotopic (exact) mass is 419 g/mol. The average molecular weight is 421 g/mol. The maximum absolute atomic E-state index is 9.99. The molecular formula is C17H20BrCl2NO2. The molecule has 2 atom stereocenters. The Hall–Kier alpha value is -0.780. The molecule has 2 N–H and O–H groups in total. The lowest BCUT2D eigenvalue weighted by atomic mass is 10.1. The molecule has 3 nitrogen and oxygen atoms in total. The largest absolute Gasteiger partial charge is 0.491 e. The van der Waals surface area contributed by atoms with E-state index >= 15 is 0 Å². The van der Waals surface area contributed by atoms with Crippen molar-refractivity contribution in [2.75, 3.05) is 13.2 Å². The highest BCUT2D eigenvalue weighted by Crippen LogP contribution is 2.17. The third kappa shape index (κ3) is 7.10.